The zero-order chi connectivity index (χ0) is 23.3. The number of aliphatic imine (C=N–C) groups is 1. The van der Waals surface area contributed by atoms with Gasteiger partial charge in [0.25, 0.3) is 5.91 Å². The molecule has 0 fully saturated rings. The summed E-state index contributed by atoms with van der Waals surface area (Å²) in [6.45, 7) is 2.77. The molecule has 0 aromatic heterocycles. The number of halogens is 3. The molecule has 33 heavy (non-hydrogen) atoms. The molecule has 0 aliphatic rings. The van der Waals surface area contributed by atoms with Crippen LogP contribution in [0.25, 0.3) is 0 Å². The van der Waals surface area contributed by atoms with Gasteiger partial charge in [-0.1, -0.05) is 19.1 Å². The lowest BCUT2D eigenvalue weighted by molar-refractivity contribution is -0.0505. The molecule has 0 saturated heterocycles. The molecule has 3 N–H and O–H groups in total. The first-order valence-corrected chi connectivity index (χ1v) is 10.5. The van der Waals surface area contributed by atoms with Crippen LogP contribution >= 0.6 is 24.0 Å². The van der Waals surface area contributed by atoms with Crippen LogP contribution in [0.2, 0.25) is 0 Å². The van der Waals surface area contributed by atoms with E-state index in [1.165, 1.54) is 13.2 Å². The van der Waals surface area contributed by atoms with Gasteiger partial charge < -0.3 is 25.4 Å². The number of nitrogens with one attached hydrogen (secondary N) is 3. The quantitative estimate of drug-likeness (QED) is 0.211. The number of methoxy groups -OCH3 is 1. The topological polar surface area (TPSA) is 84.0 Å². The molecule has 0 spiro atoms. The predicted octanol–water partition coefficient (Wildman–Crippen LogP) is 4.31. The smallest absolute Gasteiger partial charge is 0.387 e. The van der Waals surface area contributed by atoms with Gasteiger partial charge in [0.2, 0.25) is 0 Å². The molecule has 0 radical (unpaired) electrons. The van der Waals surface area contributed by atoms with Gasteiger partial charge in [-0.05, 0) is 49.2 Å². The molecule has 7 nitrogen and oxygen atoms in total. The molecule has 2 aromatic rings. The van der Waals surface area contributed by atoms with E-state index in [1.807, 2.05) is 26.0 Å². The van der Waals surface area contributed by atoms with E-state index in [0.717, 1.165) is 12.0 Å². The first-order chi connectivity index (χ1) is 15.5. The Morgan fingerprint density at radius 2 is 1.88 bits per heavy atom. The van der Waals surface area contributed by atoms with Crippen LogP contribution in [0.3, 0.4) is 0 Å². The fourth-order valence-corrected chi connectivity index (χ4v) is 2.87. The van der Waals surface area contributed by atoms with Crippen molar-refractivity contribution in [1.82, 2.24) is 16.0 Å². The summed E-state index contributed by atoms with van der Waals surface area (Å²) in [7, 11) is 1.50. The number of benzene rings is 2. The number of amides is 1. The van der Waals surface area contributed by atoms with Crippen molar-refractivity contribution in [2.24, 2.45) is 4.99 Å². The summed E-state index contributed by atoms with van der Waals surface area (Å²) in [4.78, 5) is 16.7. The number of guanidine groups is 1. The molecule has 0 bridgehead atoms. The summed E-state index contributed by atoms with van der Waals surface area (Å²) in [5.41, 5.74) is 1.95. The van der Waals surface area contributed by atoms with Gasteiger partial charge in [0.15, 0.2) is 5.96 Å². The number of carbonyl (C=O) groups is 1. The Morgan fingerprint density at radius 3 is 2.55 bits per heavy atom. The number of rotatable bonds is 11. The lowest BCUT2D eigenvalue weighted by atomic mass is 10.1. The minimum absolute atomic E-state index is 0. The zero-order valence-corrected chi connectivity index (χ0v) is 21.3. The zero-order valence-electron chi connectivity index (χ0n) is 19.0. The first-order valence-electron chi connectivity index (χ1n) is 10.5. The highest BCUT2D eigenvalue weighted by atomic mass is 127. The molecule has 182 valence electrons. The van der Waals surface area contributed by atoms with Crippen LogP contribution in [-0.4, -0.2) is 38.7 Å². The summed E-state index contributed by atoms with van der Waals surface area (Å²) >= 11 is 0. The summed E-state index contributed by atoms with van der Waals surface area (Å²) in [5, 5.41) is 9.09. The van der Waals surface area contributed by atoms with Crippen LogP contribution in [0.15, 0.2) is 47.5 Å². The number of carbonyl (C=O) groups excluding carboxylic acids is 1. The van der Waals surface area contributed by atoms with Gasteiger partial charge in [-0.25, -0.2) is 4.99 Å². The Morgan fingerprint density at radius 1 is 1.09 bits per heavy atom. The standard InChI is InChI=1S/C23H30F2N4O3.HI/c1-4-11-27-21(30)17-8-6-7-16(12-17)14-28-23(26-5-2)29-15-18-13-19(31-3)9-10-20(18)32-22(24)25;/h6-10,12-13,22H,4-5,11,14-15H2,1-3H3,(H,27,30)(H2,26,28,29);1H. The van der Waals surface area contributed by atoms with E-state index < -0.39 is 6.61 Å². The van der Waals surface area contributed by atoms with E-state index in [2.05, 4.69) is 25.7 Å². The SMILES string of the molecule is CCCNC(=O)c1cccc(CN=C(NCC)NCc2cc(OC)ccc2OC(F)F)c1.I. The van der Waals surface area contributed by atoms with Gasteiger partial charge in [0.05, 0.1) is 13.7 Å². The Labute approximate surface area is 210 Å². The van der Waals surface area contributed by atoms with Gasteiger partial charge in [0.1, 0.15) is 11.5 Å². The number of hydrogen-bond donors (Lipinski definition) is 3. The van der Waals surface area contributed by atoms with Crippen LogP contribution in [0.4, 0.5) is 8.78 Å². The summed E-state index contributed by atoms with van der Waals surface area (Å²) in [6, 6.07) is 11.9. The van der Waals surface area contributed by atoms with Crippen LogP contribution in [-0.2, 0) is 13.1 Å². The van der Waals surface area contributed by atoms with E-state index in [-0.39, 0.29) is 42.2 Å². The van der Waals surface area contributed by atoms with E-state index in [4.69, 9.17) is 4.74 Å². The maximum Gasteiger partial charge on any atom is 0.387 e. The second-order valence-corrected chi connectivity index (χ2v) is 6.86. The second kappa shape index (κ2) is 15.3. The van der Waals surface area contributed by atoms with Gasteiger partial charge >= 0.3 is 6.61 Å². The monoisotopic (exact) mass is 576 g/mol. The molecule has 2 aromatic carbocycles. The van der Waals surface area contributed by atoms with Crippen molar-refractivity contribution in [3.63, 3.8) is 0 Å². The Hall–Kier alpha value is -2.63. The molecule has 0 atom stereocenters. The number of hydrogen-bond acceptors (Lipinski definition) is 4. The van der Waals surface area contributed by atoms with E-state index in [9.17, 15) is 13.6 Å². The normalized spacial score (nSPS) is 10.9. The fourth-order valence-electron chi connectivity index (χ4n) is 2.87. The molecule has 0 heterocycles. The average molecular weight is 576 g/mol. The number of alkyl halides is 2. The fraction of sp³-hybridized carbons (Fsp3) is 0.391. The Bertz CT molecular complexity index is 913. The van der Waals surface area contributed by atoms with E-state index in [0.29, 0.717) is 42.5 Å². The van der Waals surface area contributed by atoms with Crippen LogP contribution in [0.5, 0.6) is 11.5 Å². The molecular weight excluding hydrogens is 545 g/mol. The third-order valence-corrected chi connectivity index (χ3v) is 4.42. The summed E-state index contributed by atoms with van der Waals surface area (Å²) < 4.78 is 35.2. The average Bonchev–Trinajstić information content (AvgIpc) is 2.79. The van der Waals surface area contributed by atoms with Crippen LogP contribution < -0.4 is 25.4 Å². The molecule has 0 aliphatic carbocycles. The minimum Gasteiger partial charge on any atom is -0.497 e. The molecule has 1 amide bonds. The van der Waals surface area contributed by atoms with Crippen molar-refractivity contribution in [3.05, 3.63) is 59.2 Å². The van der Waals surface area contributed by atoms with Crippen LogP contribution in [0.1, 0.15) is 41.8 Å². The number of ether oxygens (including phenoxy) is 2. The number of nitrogens with zero attached hydrogens (tertiary/aromatic N) is 1. The largest absolute Gasteiger partial charge is 0.497 e. The molecular formula is C23H31F2IN4O3. The Kier molecular flexibility index (Phi) is 13.1. The predicted molar refractivity (Wildman–Crippen MR) is 136 cm³/mol. The molecule has 0 saturated carbocycles. The van der Waals surface area contributed by atoms with E-state index in [1.54, 1.807) is 24.3 Å². The van der Waals surface area contributed by atoms with Gasteiger partial charge in [-0.3, -0.25) is 4.79 Å². The lowest BCUT2D eigenvalue weighted by Crippen LogP contribution is -2.36. The maximum absolute atomic E-state index is 12.7. The highest BCUT2D eigenvalue weighted by Gasteiger charge is 2.12. The van der Waals surface area contributed by atoms with E-state index >= 15 is 0 Å². The molecule has 2 rings (SSSR count). The molecule has 0 aliphatic heterocycles. The highest BCUT2D eigenvalue weighted by molar-refractivity contribution is 14.0. The third kappa shape index (κ3) is 9.80. The van der Waals surface area contributed by atoms with Crippen LogP contribution in [0, 0.1) is 0 Å². The summed E-state index contributed by atoms with van der Waals surface area (Å²) in [6.07, 6.45) is 0.866. The van der Waals surface area contributed by atoms with Gasteiger partial charge in [-0.15, -0.1) is 24.0 Å². The lowest BCUT2D eigenvalue weighted by Gasteiger charge is -2.15. The van der Waals surface area contributed by atoms with Crippen molar-refractivity contribution < 1.29 is 23.0 Å². The Balaban J connectivity index is 0.00000544. The van der Waals surface area contributed by atoms with Crippen molar-refractivity contribution >= 4 is 35.8 Å². The highest BCUT2D eigenvalue weighted by Crippen LogP contribution is 2.25. The summed E-state index contributed by atoms with van der Waals surface area (Å²) in [5.74, 6) is 0.977. The first kappa shape index (κ1) is 28.4. The van der Waals surface area contributed by atoms with Gasteiger partial charge in [0, 0.05) is 30.8 Å². The molecule has 0 unspecified atom stereocenters. The maximum atomic E-state index is 12.7. The third-order valence-electron chi connectivity index (χ3n) is 4.42. The van der Waals surface area contributed by atoms with Crippen molar-refractivity contribution in [3.8, 4) is 11.5 Å². The van der Waals surface area contributed by atoms with Crippen molar-refractivity contribution in [1.29, 1.82) is 0 Å². The molecule has 10 heteroatoms. The second-order valence-electron chi connectivity index (χ2n) is 6.86. The van der Waals surface area contributed by atoms with Crippen molar-refractivity contribution in [2.45, 2.75) is 40.0 Å². The van der Waals surface area contributed by atoms with Gasteiger partial charge in [-0.2, -0.15) is 8.78 Å². The van der Waals surface area contributed by atoms with Crippen molar-refractivity contribution in [2.75, 3.05) is 20.2 Å². The minimum atomic E-state index is -2.93.